The number of carbonyl (C=O) groups excluding carboxylic acids is 1. The van der Waals surface area contributed by atoms with Crippen LogP contribution in [0.5, 0.6) is 0 Å². The molecule has 0 radical (unpaired) electrons. The third-order valence-electron chi connectivity index (χ3n) is 3.41. The molecule has 0 amide bonds. The van der Waals surface area contributed by atoms with E-state index >= 15 is 0 Å². The molecule has 0 aromatic rings. The van der Waals surface area contributed by atoms with Gasteiger partial charge >= 0.3 is 0 Å². The average Bonchev–Trinajstić information content (AvgIpc) is 2.65. The SMILES string of the molecule is CC/C=C\C[C@@H](O)/C=C/C=C\C/C=C\C/C=C\C=C\[C@H](CCC(=O)[O-])OO. The number of aliphatic hydroxyl groups is 1. The summed E-state index contributed by atoms with van der Waals surface area (Å²) in [5.74, 6) is -1.17. The molecule has 0 aliphatic carbocycles. The standard InChI is InChI=1S/C22H32O5/c1-2-3-12-15-20(23)16-13-10-8-6-4-5-7-9-11-14-17-21(27-26)18-19-22(24)25/h3-5,8-14,16-17,20-21,23,26H,2,6-7,15,18-19H2,1H3,(H,24,25)/p-1/b5-4-,10-8-,11-9-,12-3-,16-13+,17-14+/t20-,21-/m1/s1. The highest BCUT2D eigenvalue weighted by molar-refractivity contribution is 5.64. The van der Waals surface area contributed by atoms with Crippen LogP contribution < -0.4 is 5.11 Å². The first-order valence-corrected chi connectivity index (χ1v) is 9.24. The highest BCUT2D eigenvalue weighted by Crippen LogP contribution is 2.03. The van der Waals surface area contributed by atoms with Gasteiger partial charge in [-0.05, 0) is 38.5 Å². The van der Waals surface area contributed by atoms with E-state index in [-0.39, 0.29) is 12.8 Å². The molecule has 5 nitrogen and oxygen atoms in total. The summed E-state index contributed by atoms with van der Waals surface area (Å²) >= 11 is 0. The monoisotopic (exact) mass is 375 g/mol. The lowest BCUT2D eigenvalue weighted by Gasteiger charge is -2.08. The van der Waals surface area contributed by atoms with E-state index in [2.05, 4.69) is 11.8 Å². The highest BCUT2D eigenvalue weighted by Gasteiger charge is 2.03. The van der Waals surface area contributed by atoms with Crippen molar-refractivity contribution in [1.82, 2.24) is 0 Å². The average molecular weight is 375 g/mol. The van der Waals surface area contributed by atoms with Crippen molar-refractivity contribution in [2.45, 2.75) is 57.7 Å². The van der Waals surface area contributed by atoms with Gasteiger partial charge in [0.15, 0.2) is 0 Å². The molecule has 0 spiro atoms. The predicted octanol–water partition coefficient (Wildman–Crippen LogP) is 3.65. The van der Waals surface area contributed by atoms with Gasteiger partial charge in [-0.15, -0.1) is 0 Å². The molecule has 0 bridgehead atoms. The number of aliphatic carboxylic acids is 1. The van der Waals surface area contributed by atoms with Crippen LogP contribution in [-0.4, -0.2) is 28.5 Å². The Labute approximate surface area is 162 Å². The van der Waals surface area contributed by atoms with E-state index in [1.165, 1.54) is 0 Å². The number of hydrogen-bond acceptors (Lipinski definition) is 5. The second-order valence-electron chi connectivity index (χ2n) is 5.81. The Hall–Kier alpha value is -2.21. The summed E-state index contributed by atoms with van der Waals surface area (Å²) < 4.78 is 0. The largest absolute Gasteiger partial charge is 0.550 e. The Balaban J connectivity index is 3.90. The van der Waals surface area contributed by atoms with E-state index in [1.54, 1.807) is 18.2 Å². The first kappa shape index (κ1) is 24.8. The zero-order valence-corrected chi connectivity index (χ0v) is 15.9. The maximum atomic E-state index is 10.3. The molecule has 0 aliphatic rings. The maximum absolute atomic E-state index is 10.3. The molecule has 0 saturated carbocycles. The Morgan fingerprint density at radius 3 is 2.15 bits per heavy atom. The van der Waals surface area contributed by atoms with Crippen LogP contribution in [0.15, 0.2) is 72.9 Å². The van der Waals surface area contributed by atoms with Crippen molar-refractivity contribution in [3.63, 3.8) is 0 Å². The van der Waals surface area contributed by atoms with Crippen LogP contribution in [0.3, 0.4) is 0 Å². The Morgan fingerprint density at radius 2 is 1.59 bits per heavy atom. The fourth-order valence-electron chi connectivity index (χ4n) is 1.97. The van der Waals surface area contributed by atoms with E-state index in [1.807, 2.05) is 54.7 Å². The molecule has 2 atom stereocenters. The number of carboxylic acids is 1. The second-order valence-corrected chi connectivity index (χ2v) is 5.81. The predicted molar refractivity (Wildman–Crippen MR) is 107 cm³/mol. The summed E-state index contributed by atoms with van der Waals surface area (Å²) in [7, 11) is 0. The van der Waals surface area contributed by atoms with Gasteiger partial charge in [0.1, 0.15) is 6.10 Å². The topological polar surface area (TPSA) is 89.8 Å². The van der Waals surface area contributed by atoms with Crippen molar-refractivity contribution in [3.05, 3.63) is 72.9 Å². The molecule has 0 aliphatic heterocycles. The third kappa shape index (κ3) is 18.4. The lowest BCUT2D eigenvalue weighted by atomic mass is 10.2. The summed E-state index contributed by atoms with van der Waals surface area (Å²) in [6.45, 7) is 2.06. The molecule has 0 fully saturated rings. The lowest BCUT2D eigenvalue weighted by Crippen LogP contribution is -2.23. The maximum Gasteiger partial charge on any atom is 0.111 e. The Bertz CT molecular complexity index is 541. The Kier molecular flexibility index (Phi) is 17.1. The Morgan fingerprint density at radius 1 is 0.963 bits per heavy atom. The smallest absolute Gasteiger partial charge is 0.111 e. The van der Waals surface area contributed by atoms with Crippen molar-refractivity contribution < 1.29 is 25.2 Å². The normalized spacial score (nSPS) is 15.4. The van der Waals surface area contributed by atoms with Crippen molar-refractivity contribution in [3.8, 4) is 0 Å². The van der Waals surface area contributed by atoms with Crippen LogP contribution in [0, 0.1) is 0 Å². The number of rotatable bonds is 15. The van der Waals surface area contributed by atoms with Crippen LogP contribution in [-0.2, 0) is 9.68 Å². The molecule has 27 heavy (non-hydrogen) atoms. The van der Waals surface area contributed by atoms with Gasteiger partial charge in [-0.2, -0.15) is 0 Å². The van der Waals surface area contributed by atoms with Crippen LogP contribution in [0.2, 0.25) is 0 Å². The van der Waals surface area contributed by atoms with Gasteiger partial charge in [-0.3, -0.25) is 5.26 Å². The van der Waals surface area contributed by atoms with Crippen molar-refractivity contribution in [2.24, 2.45) is 0 Å². The van der Waals surface area contributed by atoms with Crippen LogP contribution in [0.25, 0.3) is 0 Å². The van der Waals surface area contributed by atoms with Gasteiger partial charge in [-0.1, -0.05) is 79.8 Å². The van der Waals surface area contributed by atoms with Gasteiger partial charge in [0.2, 0.25) is 0 Å². The zero-order chi connectivity index (χ0) is 20.2. The van der Waals surface area contributed by atoms with Gasteiger partial charge < -0.3 is 15.0 Å². The van der Waals surface area contributed by atoms with E-state index in [0.29, 0.717) is 6.42 Å². The van der Waals surface area contributed by atoms with Gasteiger partial charge in [0, 0.05) is 5.97 Å². The van der Waals surface area contributed by atoms with E-state index in [0.717, 1.165) is 19.3 Å². The molecule has 2 N–H and O–H groups in total. The fourth-order valence-corrected chi connectivity index (χ4v) is 1.97. The van der Waals surface area contributed by atoms with E-state index < -0.39 is 18.2 Å². The van der Waals surface area contributed by atoms with Crippen LogP contribution in [0.1, 0.15) is 45.4 Å². The molecule has 150 valence electrons. The van der Waals surface area contributed by atoms with Crippen molar-refractivity contribution in [1.29, 1.82) is 0 Å². The summed E-state index contributed by atoms with van der Waals surface area (Å²) in [4.78, 5) is 14.5. The summed E-state index contributed by atoms with van der Waals surface area (Å²) in [6, 6.07) is 0. The minimum absolute atomic E-state index is 0.163. The van der Waals surface area contributed by atoms with E-state index in [9.17, 15) is 15.0 Å². The quantitative estimate of drug-likeness (QED) is 0.197. The summed E-state index contributed by atoms with van der Waals surface area (Å²) in [5, 5.41) is 28.7. The van der Waals surface area contributed by atoms with Gasteiger partial charge in [0.25, 0.3) is 0 Å². The summed E-state index contributed by atoms with van der Waals surface area (Å²) in [5.41, 5.74) is 0. The van der Waals surface area contributed by atoms with Crippen LogP contribution in [0.4, 0.5) is 0 Å². The molecular weight excluding hydrogens is 344 g/mol. The molecule has 0 aromatic carbocycles. The first-order chi connectivity index (χ1) is 13.1. The zero-order valence-electron chi connectivity index (χ0n) is 15.9. The lowest BCUT2D eigenvalue weighted by molar-refractivity contribution is -0.308. The molecule has 0 unspecified atom stereocenters. The molecular formula is C22H31O5-. The highest BCUT2D eigenvalue weighted by atomic mass is 17.1. The fraction of sp³-hybridized carbons (Fsp3) is 0.409. The van der Waals surface area contributed by atoms with Gasteiger partial charge in [-0.25, -0.2) is 4.89 Å². The van der Waals surface area contributed by atoms with Crippen LogP contribution >= 0.6 is 0 Å². The molecule has 0 saturated heterocycles. The number of allylic oxidation sites excluding steroid dienone is 9. The molecule has 5 heteroatoms. The van der Waals surface area contributed by atoms with Gasteiger partial charge in [0.05, 0.1) is 6.10 Å². The minimum Gasteiger partial charge on any atom is -0.550 e. The molecule has 0 rings (SSSR count). The number of aliphatic hydroxyl groups excluding tert-OH is 1. The van der Waals surface area contributed by atoms with Crippen molar-refractivity contribution in [2.75, 3.05) is 0 Å². The third-order valence-corrected chi connectivity index (χ3v) is 3.41. The number of hydrogen-bond donors (Lipinski definition) is 2. The molecule has 0 aromatic heterocycles. The number of carboxylic acid groups (broad SMARTS) is 1. The summed E-state index contributed by atoms with van der Waals surface area (Å²) in [6.07, 6.45) is 24.8. The number of carbonyl (C=O) groups is 1. The van der Waals surface area contributed by atoms with E-state index in [4.69, 9.17) is 5.26 Å². The first-order valence-electron chi connectivity index (χ1n) is 9.24. The minimum atomic E-state index is -1.17. The molecule has 0 heterocycles. The second kappa shape index (κ2) is 18.6. The van der Waals surface area contributed by atoms with Crippen molar-refractivity contribution >= 4 is 5.97 Å².